The van der Waals surface area contributed by atoms with Crippen molar-refractivity contribution in [3.05, 3.63) is 41.2 Å². The zero-order valence-corrected chi connectivity index (χ0v) is 13.6. The minimum atomic E-state index is 0.244. The Morgan fingerprint density at radius 3 is 2.87 bits per heavy atom. The van der Waals surface area contributed by atoms with Crippen LogP contribution in [0.5, 0.6) is 5.88 Å². The first-order valence-corrected chi connectivity index (χ1v) is 7.43. The molecule has 7 heteroatoms. The van der Waals surface area contributed by atoms with Crippen LogP contribution in [-0.4, -0.2) is 32.4 Å². The van der Waals surface area contributed by atoms with Crippen molar-refractivity contribution in [3.8, 4) is 17.3 Å². The van der Waals surface area contributed by atoms with Gasteiger partial charge in [-0.05, 0) is 31.4 Å². The molecule has 1 N–H and O–H groups in total. The highest BCUT2D eigenvalue weighted by molar-refractivity contribution is 5.55. The molecule has 7 nitrogen and oxygen atoms in total. The lowest BCUT2D eigenvalue weighted by Gasteiger charge is -2.08. The van der Waals surface area contributed by atoms with Gasteiger partial charge in [-0.15, -0.1) is 0 Å². The molecule has 23 heavy (non-hydrogen) atoms. The average molecular weight is 313 g/mol. The van der Waals surface area contributed by atoms with E-state index in [1.54, 1.807) is 19.4 Å². The van der Waals surface area contributed by atoms with Crippen LogP contribution in [0.15, 0.2) is 22.9 Å². The molecule has 0 aliphatic carbocycles. The third kappa shape index (κ3) is 3.08. The number of ether oxygens (including phenoxy) is 1. The van der Waals surface area contributed by atoms with E-state index in [4.69, 9.17) is 9.26 Å². The van der Waals surface area contributed by atoms with Crippen molar-refractivity contribution in [1.82, 2.24) is 25.3 Å². The molecule has 3 rings (SSSR count). The van der Waals surface area contributed by atoms with Gasteiger partial charge in [-0.3, -0.25) is 5.10 Å². The van der Waals surface area contributed by atoms with Crippen LogP contribution in [0.25, 0.3) is 11.4 Å². The maximum absolute atomic E-state index is 5.39. The van der Waals surface area contributed by atoms with E-state index in [-0.39, 0.29) is 5.92 Å². The monoisotopic (exact) mass is 313 g/mol. The Morgan fingerprint density at radius 2 is 2.17 bits per heavy atom. The lowest BCUT2D eigenvalue weighted by molar-refractivity contribution is 0.371. The number of H-pyrrole nitrogens is 1. The van der Waals surface area contributed by atoms with Crippen LogP contribution < -0.4 is 4.74 Å². The first-order chi connectivity index (χ1) is 11.1. The Bertz CT molecular complexity index is 789. The number of nitrogens with one attached hydrogen (secondary N) is 1. The highest BCUT2D eigenvalue weighted by Gasteiger charge is 2.18. The van der Waals surface area contributed by atoms with Crippen molar-refractivity contribution in [2.24, 2.45) is 0 Å². The summed E-state index contributed by atoms with van der Waals surface area (Å²) < 4.78 is 10.5. The quantitative estimate of drug-likeness (QED) is 0.779. The minimum Gasteiger partial charge on any atom is -0.481 e. The standard InChI is InChI=1S/C16H19N5O2/c1-9(15-10(2)19-20-11(15)3)7-14-18-16(21-23-14)12-5-6-17-13(8-12)22-4/h5-6,8-9H,7H2,1-4H3,(H,19,20)/t9-/m1/s1. The smallest absolute Gasteiger partial charge is 0.227 e. The third-order valence-electron chi connectivity index (χ3n) is 3.83. The summed E-state index contributed by atoms with van der Waals surface area (Å²) in [6.07, 6.45) is 2.32. The number of hydrogen-bond acceptors (Lipinski definition) is 6. The number of nitrogens with zero attached hydrogens (tertiary/aromatic N) is 4. The van der Waals surface area contributed by atoms with E-state index in [9.17, 15) is 0 Å². The summed E-state index contributed by atoms with van der Waals surface area (Å²) in [7, 11) is 1.57. The summed E-state index contributed by atoms with van der Waals surface area (Å²) in [6, 6.07) is 3.60. The maximum Gasteiger partial charge on any atom is 0.227 e. The number of aryl methyl sites for hydroxylation is 2. The molecule has 3 aromatic rings. The van der Waals surface area contributed by atoms with Crippen molar-refractivity contribution >= 4 is 0 Å². The summed E-state index contributed by atoms with van der Waals surface area (Å²) in [5.41, 5.74) is 4.10. The van der Waals surface area contributed by atoms with E-state index in [1.807, 2.05) is 19.9 Å². The summed E-state index contributed by atoms with van der Waals surface area (Å²) in [5.74, 6) is 1.90. The van der Waals surface area contributed by atoms with Gasteiger partial charge in [0.15, 0.2) is 0 Å². The summed E-state index contributed by atoms with van der Waals surface area (Å²) in [5, 5.41) is 11.3. The second-order valence-electron chi connectivity index (χ2n) is 5.55. The molecule has 0 aromatic carbocycles. The van der Waals surface area contributed by atoms with Gasteiger partial charge in [-0.1, -0.05) is 12.1 Å². The van der Waals surface area contributed by atoms with Gasteiger partial charge in [-0.25, -0.2) is 4.98 Å². The number of rotatable bonds is 5. The molecular weight excluding hydrogens is 294 g/mol. The maximum atomic E-state index is 5.39. The van der Waals surface area contributed by atoms with Gasteiger partial charge in [0.05, 0.1) is 12.8 Å². The van der Waals surface area contributed by atoms with Gasteiger partial charge in [0.2, 0.25) is 17.6 Å². The molecule has 0 radical (unpaired) electrons. The highest BCUT2D eigenvalue weighted by Crippen LogP contribution is 2.26. The Hall–Kier alpha value is -2.70. The molecule has 0 aliphatic heterocycles. The molecule has 3 heterocycles. The number of hydrogen-bond donors (Lipinski definition) is 1. The van der Waals surface area contributed by atoms with Gasteiger partial charge >= 0.3 is 0 Å². The molecule has 3 aromatic heterocycles. The van der Waals surface area contributed by atoms with E-state index in [1.165, 1.54) is 5.56 Å². The lowest BCUT2D eigenvalue weighted by Crippen LogP contribution is -2.01. The van der Waals surface area contributed by atoms with Gasteiger partial charge in [0, 0.05) is 29.9 Å². The second kappa shape index (κ2) is 6.20. The van der Waals surface area contributed by atoms with E-state index in [0.717, 1.165) is 17.0 Å². The SMILES string of the molecule is COc1cc(-c2noc(C[C@@H](C)c3c(C)n[nH]c3C)n2)ccn1. The van der Waals surface area contributed by atoms with Crippen LogP contribution >= 0.6 is 0 Å². The number of aromatic amines is 1. The summed E-state index contributed by atoms with van der Waals surface area (Å²) >= 11 is 0. The fraction of sp³-hybridized carbons (Fsp3) is 0.375. The molecule has 0 amide bonds. The first-order valence-electron chi connectivity index (χ1n) is 7.43. The Balaban J connectivity index is 1.79. The van der Waals surface area contributed by atoms with Crippen LogP contribution in [0.3, 0.4) is 0 Å². The van der Waals surface area contributed by atoms with Crippen LogP contribution in [0.1, 0.15) is 35.7 Å². The normalized spacial score (nSPS) is 12.3. The second-order valence-corrected chi connectivity index (χ2v) is 5.55. The lowest BCUT2D eigenvalue weighted by atomic mass is 9.96. The van der Waals surface area contributed by atoms with E-state index >= 15 is 0 Å². The predicted molar refractivity (Wildman–Crippen MR) is 84.3 cm³/mol. The Morgan fingerprint density at radius 1 is 1.35 bits per heavy atom. The molecule has 0 spiro atoms. The molecule has 0 unspecified atom stereocenters. The zero-order valence-electron chi connectivity index (χ0n) is 13.6. The van der Waals surface area contributed by atoms with Crippen molar-refractivity contribution in [1.29, 1.82) is 0 Å². The minimum absolute atomic E-state index is 0.244. The van der Waals surface area contributed by atoms with Crippen LogP contribution in [0.2, 0.25) is 0 Å². The highest BCUT2D eigenvalue weighted by atomic mass is 16.5. The molecule has 1 atom stereocenters. The fourth-order valence-corrected chi connectivity index (χ4v) is 2.76. The van der Waals surface area contributed by atoms with Gasteiger partial charge in [-0.2, -0.15) is 10.1 Å². The van der Waals surface area contributed by atoms with Crippen molar-refractivity contribution in [2.75, 3.05) is 7.11 Å². The van der Waals surface area contributed by atoms with E-state index < -0.39 is 0 Å². The van der Waals surface area contributed by atoms with Crippen molar-refractivity contribution in [3.63, 3.8) is 0 Å². The molecule has 0 aliphatic rings. The van der Waals surface area contributed by atoms with Crippen LogP contribution in [-0.2, 0) is 6.42 Å². The van der Waals surface area contributed by atoms with Gasteiger partial charge in [0.25, 0.3) is 0 Å². The van der Waals surface area contributed by atoms with Crippen molar-refractivity contribution in [2.45, 2.75) is 33.1 Å². The topological polar surface area (TPSA) is 89.7 Å². The fourth-order valence-electron chi connectivity index (χ4n) is 2.76. The largest absolute Gasteiger partial charge is 0.481 e. The molecule has 0 saturated heterocycles. The molecule has 0 bridgehead atoms. The summed E-state index contributed by atoms with van der Waals surface area (Å²) in [4.78, 5) is 8.55. The van der Waals surface area contributed by atoms with Crippen LogP contribution in [0.4, 0.5) is 0 Å². The Kier molecular flexibility index (Phi) is 4.10. The average Bonchev–Trinajstić information content (AvgIpc) is 3.14. The summed E-state index contributed by atoms with van der Waals surface area (Å²) in [6.45, 7) is 6.15. The van der Waals surface area contributed by atoms with E-state index in [2.05, 4.69) is 32.2 Å². The Labute approximate surface area is 134 Å². The van der Waals surface area contributed by atoms with Gasteiger partial charge in [0.1, 0.15) is 0 Å². The molecule has 0 saturated carbocycles. The van der Waals surface area contributed by atoms with Gasteiger partial charge < -0.3 is 9.26 Å². The first kappa shape index (κ1) is 15.2. The molecule has 0 fully saturated rings. The molecular formula is C16H19N5O2. The zero-order chi connectivity index (χ0) is 16.4. The third-order valence-corrected chi connectivity index (χ3v) is 3.83. The number of methoxy groups -OCH3 is 1. The van der Waals surface area contributed by atoms with Crippen LogP contribution in [0, 0.1) is 13.8 Å². The van der Waals surface area contributed by atoms with E-state index in [0.29, 0.717) is 24.0 Å². The van der Waals surface area contributed by atoms with Crippen molar-refractivity contribution < 1.29 is 9.26 Å². The molecule has 120 valence electrons. The predicted octanol–water partition coefficient (Wildman–Crippen LogP) is 2.83. The number of aromatic nitrogens is 5. The number of pyridine rings is 1.